The predicted octanol–water partition coefficient (Wildman–Crippen LogP) is 2.41. The zero-order chi connectivity index (χ0) is 14.0. The normalized spacial score (nSPS) is 21.4. The average molecular weight is 280 g/mol. The molecule has 0 heterocycles. The van der Waals surface area contributed by atoms with Gasteiger partial charge in [0.2, 0.25) is 0 Å². The van der Waals surface area contributed by atoms with Crippen LogP contribution in [-0.2, 0) is 4.79 Å². The quantitative estimate of drug-likeness (QED) is 0.835. The standard InChI is InChI=1S/C14H14ClNO3/c1-8-3-2-4-11(12(8)15)13(17)16-10-6-5-9(7-10)14(18)19/h2-6,9-10H,7H2,1H3,(H,16,17)(H,18,19). The second-order valence-electron chi connectivity index (χ2n) is 4.58. The van der Waals surface area contributed by atoms with Crippen LogP contribution in [0.5, 0.6) is 0 Å². The molecule has 2 rings (SSSR count). The highest BCUT2D eigenvalue weighted by molar-refractivity contribution is 6.34. The Hall–Kier alpha value is -1.81. The Kier molecular flexibility index (Phi) is 3.90. The van der Waals surface area contributed by atoms with Crippen molar-refractivity contribution in [2.75, 3.05) is 0 Å². The summed E-state index contributed by atoms with van der Waals surface area (Å²) < 4.78 is 0. The Balaban J connectivity index is 2.05. The van der Waals surface area contributed by atoms with Gasteiger partial charge in [-0.15, -0.1) is 0 Å². The van der Waals surface area contributed by atoms with E-state index in [1.54, 1.807) is 24.3 Å². The monoisotopic (exact) mass is 279 g/mol. The van der Waals surface area contributed by atoms with Crippen molar-refractivity contribution in [1.82, 2.24) is 5.32 Å². The molecule has 1 aromatic rings. The van der Waals surface area contributed by atoms with Crippen molar-refractivity contribution in [2.24, 2.45) is 5.92 Å². The minimum Gasteiger partial charge on any atom is -0.481 e. The first-order valence-corrected chi connectivity index (χ1v) is 6.34. The van der Waals surface area contributed by atoms with Crippen molar-refractivity contribution in [3.63, 3.8) is 0 Å². The van der Waals surface area contributed by atoms with Gasteiger partial charge in [0.1, 0.15) is 0 Å². The number of nitrogens with one attached hydrogen (secondary N) is 1. The van der Waals surface area contributed by atoms with E-state index in [-0.39, 0.29) is 11.9 Å². The summed E-state index contributed by atoms with van der Waals surface area (Å²) in [4.78, 5) is 22.9. The van der Waals surface area contributed by atoms with Gasteiger partial charge in [-0.25, -0.2) is 0 Å². The molecule has 0 bridgehead atoms. The van der Waals surface area contributed by atoms with Gasteiger partial charge < -0.3 is 10.4 Å². The van der Waals surface area contributed by atoms with Crippen LogP contribution in [-0.4, -0.2) is 23.0 Å². The van der Waals surface area contributed by atoms with Crippen molar-refractivity contribution in [1.29, 1.82) is 0 Å². The molecule has 1 aromatic carbocycles. The van der Waals surface area contributed by atoms with Crippen LogP contribution in [0.4, 0.5) is 0 Å². The number of hydrogen-bond acceptors (Lipinski definition) is 2. The maximum atomic E-state index is 12.1. The Morgan fingerprint density at radius 2 is 2.11 bits per heavy atom. The molecule has 1 amide bonds. The summed E-state index contributed by atoms with van der Waals surface area (Å²) in [7, 11) is 0. The molecule has 0 radical (unpaired) electrons. The molecule has 5 heteroatoms. The van der Waals surface area contributed by atoms with E-state index in [2.05, 4.69) is 5.32 Å². The molecule has 0 spiro atoms. The van der Waals surface area contributed by atoms with Crippen molar-refractivity contribution >= 4 is 23.5 Å². The van der Waals surface area contributed by atoms with Gasteiger partial charge in [-0.05, 0) is 25.0 Å². The van der Waals surface area contributed by atoms with Crippen LogP contribution >= 0.6 is 11.6 Å². The van der Waals surface area contributed by atoms with Gasteiger partial charge in [-0.3, -0.25) is 9.59 Å². The number of carboxylic acid groups (broad SMARTS) is 1. The van der Waals surface area contributed by atoms with Crippen LogP contribution in [0.25, 0.3) is 0 Å². The number of aryl methyl sites for hydroxylation is 1. The summed E-state index contributed by atoms with van der Waals surface area (Å²) in [6, 6.07) is 4.98. The van der Waals surface area contributed by atoms with Crippen LogP contribution in [0.15, 0.2) is 30.4 Å². The van der Waals surface area contributed by atoms with E-state index in [4.69, 9.17) is 16.7 Å². The second-order valence-corrected chi connectivity index (χ2v) is 4.96. The number of carbonyl (C=O) groups excluding carboxylic acids is 1. The highest BCUT2D eigenvalue weighted by atomic mass is 35.5. The van der Waals surface area contributed by atoms with E-state index in [9.17, 15) is 9.59 Å². The lowest BCUT2D eigenvalue weighted by atomic mass is 10.1. The molecule has 0 saturated carbocycles. The predicted molar refractivity (Wildman–Crippen MR) is 72.3 cm³/mol. The Morgan fingerprint density at radius 1 is 1.37 bits per heavy atom. The van der Waals surface area contributed by atoms with Crippen LogP contribution in [0.3, 0.4) is 0 Å². The SMILES string of the molecule is Cc1cccc(C(=O)NC2C=CC(C(=O)O)C2)c1Cl. The number of carboxylic acids is 1. The minimum absolute atomic E-state index is 0.259. The molecule has 19 heavy (non-hydrogen) atoms. The summed E-state index contributed by atoms with van der Waals surface area (Å²) >= 11 is 6.08. The summed E-state index contributed by atoms with van der Waals surface area (Å²) in [5.41, 5.74) is 1.24. The van der Waals surface area contributed by atoms with Gasteiger partial charge in [-0.1, -0.05) is 35.9 Å². The first-order valence-electron chi connectivity index (χ1n) is 5.96. The molecule has 1 aliphatic carbocycles. The average Bonchev–Trinajstić information content (AvgIpc) is 2.81. The van der Waals surface area contributed by atoms with E-state index in [0.717, 1.165) is 5.56 Å². The van der Waals surface area contributed by atoms with E-state index in [1.807, 2.05) is 13.0 Å². The number of benzene rings is 1. The Labute approximate surface area is 116 Å². The fourth-order valence-electron chi connectivity index (χ4n) is 2.06. The van der Waals surface area contributed by atoms with Crippen molar-refractivity contribution < 1.29 is 14.7 Å². The highest BCUT2D eigenvalue weighted by Crippen LogP contribution is 2.22. The maximum Gasteiger partial charge on any atom is 0.310 e. The lowest BCUT2D eigenvalue weighted by Gasteiger charge is -2.13. The third-order valence-electron chi connectivity index (χ3n) is 3.15. The number of carbonyl (C=O) groups is 2. The van der Waals surface area contributed by atoms with Gasteiger partial charge in [-0.2, -0.15) is 0 Å². The topological polar surface area (TPSA) is 66.4 Å². The van der Waals surface area contributed by atoms with E-state index in [1.165, 1.54) is 0 Å². The number of amides is 1. The fraction of sp³-hybridized carbons (Fsp3) is 0.286. The number of rotatable bonds is 3. The fourth-order valence-corrected chi connectivity index (χ4v) is 2.27. The van der Waals surface area contributed by atoms with E-state index < -0.39 is 11.9 Å². The second kappa shape index (κ2) is 5.45. The summed E-state index contributed by atoms with van der Waals surface area (Å²) in [5, 5.41) is 12.1. The van der Waals surface area contributed by atoms with Gasteiger partial charge in [0.25, 0.3) is 5.91 Å². The molecule has 0 fully saturated rings. The smallest absolute Gasteiger partial charge is 0.310 e. The molecule has 100 valence electrons. The van der Waals surface area contributed by atoms with Gasteiger partial charge in [0, 0.05) is 6.04 Å². The first-order chi connectivity index (χ1) is 8.99. The molecule has 2 atom stereocenters. The molecule has 1 aliphatic rings. The molecule has 0 saturated heterocycles. The molecule has 2 N–H and O–H groups in total. The maximum absolute atomic E-state index is 12.1. The lowest BCUT2D eigenvalue weighted by Crippen LogP contribution is -2.33. The summed E-state index contributed by atoms with van der Waals surface area (Å²) in [6.07, 6.45) is 3.69. The minimum atomic E-state index is -0.874. The number of hydrogen-bond donors (Lipinski definition) is 2. The van der Waals surface area contributed by atoms with Gasteiger partial charge in [0.05, 0.1) is 16.5 Å². The summed E-state index contributed by atoms with van der Waals surface area (Å²) in [6.45, 7) is 1.83. The third kappa shape index (κ3) is 2.96. The van der Waals surface area contributed by atoms with Gasteiger partial charge in [0.15, 0.2) is 0 Å². The third-order valence-corrected chi connectivity index (χ3v) is 3.66. The molecular weight excluding hydrogens is 266 g/mol. The van der Waals surface area contributed by atoms with E-state index in [0.29, 0.717) is 17.0 Å². The zero-order valence-corrected chi connectivity index (χ0v) is 11.1. The van der Waals surface area contributed by atoms with Crippen molar-refractivity contribution in [2.45, 2.75) is 19.4 Å². The molecule has 0 aromatic heterocycles. The van der Waals surface area contributed by atoms with E-state index >= 15 is 0 Å². The van der Waals surface area contributed by atoms with Crippen LogP contribution in [0.2, 0.25) is 5.02 Å². The number of halogens is 1. The molecule has 0 aliphatic heterocycles. The van der Waals surface area contributed by atoms with Crippen LogP contribution in [0.1, 0.15) is 22.3 Å². The Morgan fingerprint density at radius 3 is 2.74 bits per heavy atom. The molecule has 2 unspecified atom stereocenters. The lowest BCUT2D eigenvalue weighted by molar-refractivity contribution is -0.140. The van der Waals surface area contributed by atoms with Crippen LogP contribution < -0.4 is 5.32 Å². The van der Waals surface area contributed by atoms with Crippen LogP contribution in [0, 0.1) is 12.8 Å². The Bertz CT molecular complexity index is 554. The first kappa shape index (κ1) is 13.6. The molecular formula is C14H14ClNO3. The highest BCUT2D eigenvalue weighted by Gasteiger charge is 2.26. The van der Waals surface area contributed by atoms with Crippen molar-refractivity contribution in [3.8, 4) is 0 Å². The zero-order valence-electron chi connectivity index (χ0n) is 10.4. The largest absolute Gasteiger partial charge is 0.481 e. The number of aliphatic carboxylic acids is 1. The summed E-state index contributed by atoms with van der Waals surface area (Å²) in [5.74, 6) is -1.69. The van der Waals surface area contributed by atoms with Crippen molar-refractivity contribution in [3.05, 3.63) is 46.5 Å². The van der Waals surface area contributed by atoms with Gasteiger partial charge >= 0.3 is 5.97 Å². The molecule has 4 nitrogen and oxygen atoms in total.